The summed E-state index contributed by atoms with van der Waals surface area (Å²) in [6.45, 7) is 5.86. The molecular formula is C12H18BrN3O. The quantitative estimate of drug-likeness (QED) is 0.927. The van der Waals surface area contributed by atoms with Crippen LogP contribution in [0.5, 0.6) is 0 Å². The lowest BCUT2D eigenvalue weighted by Gasteiger charge is -2.13. The molecule has 1 unspecified atom stereocenters. The van der Waals surface area contributed by atoms with Gasteiger partial charge in [0.1, 0.15) is 11.9 Å². The highest BCUT2D eigenvalue weighted by atomic mass is 79.9. The molecule has 0 bridgehead atoms. The topological polar surface area (TPSA) is 47.0 Å². The minimum Gasteiger partial charge on any atom is -0.370 e. The van der Waals surface area contributed by atoms with Gasteiger partial charge in [-0.2, -0.15) is 0 Å². The second kappa shape index (κ2) is 5.78. The van der Waals surface area contributed by atoms with Gasteiger partial charge in [-0.25, -0.2) is 9.97 Å². The van der Waals surface area contributed by atoms with Crippen molar-refractivity contribution in [2.75, 3.05) is 18.5 Å². The molecule has 1 aromatic rings. The minimum absolute atomic E-state index is 0.0731. The summed E-state index contributed by atoms with van der Waals surface area (Å²) >= 11 is 3.52. The van der Waals surface area contributed by atoms with Crippen molar-refractivity contribution >= 4 is 21.7 Å². The molecule has 0 amide bonds. The van der Waals surface area contributed by atoms with Crippen molar-refractivity contribution in [2.24, 2.45) is 0 Å². The van der Waals surface area contributed by atoms with E-state index in [9.17, 15) is 0 Å². The lowest BCUT2D eigenvalue weighted by Crippen LogP contribution is -2.10. The van der Waals surface area contributed by atoms with Gasteiger partial charge in [-0.1, -0.05) is 6.92 Å². The van der Waals surface area contributed by atoms with E-state index in [1.54, 1.807) is 0 Å². The van der Waals surface area contributed by atoms with E-state index in [2.05, 4.69) is 38.1 Å². The van der Waals surface area contributed by atoms with Crippen molar-refractivity contribution in [2.45, 2.75) is 39.2 Å². The second-order valence-corrected chi connectivity index (χ2v) is 5.05. The number of ether oxygens (including phenoxy) is 1. The zero-order valence-electron chi connectivity index (χ0n) is 10.3. The molecule has 1 atom stereocenters. The van der Waals surface area contributed by atoms with E-state index in [0.717, 1.165) is 54.2 Å². The Bertz CT molecular complexity index is 392. The Morgan fingerprint density at radius 2 is 2.29 bits per heavy atom. The van der Waals surface area contributed by atoms with E-state index in [-0.39, 0.29) is 6.10 Å². The maximum absolute atomic E-state index is 5.63. The van der Waals surface area contributed by atoms with Crippen LogP contribution in [0.15, 0.2) is 4.47 Å². The smallest absolute Gasteiger partial charge is 0.159 e. The summed E-state index contributed by atoms with van der Waals surface area (Å²) in [5.41, 5.74) is 0.962. The molecule has 1 N–H and O–H groups in total. The maximum atomic E-state index is 5.63. The fourth-order valence-corrected chi connectivity index (χ4v) is 2.18. The van der Waals surface area contributed by atoms with Crippen LogP contribution >= 0.6 is 15.9 Å². The van der Waals surface area contributed by atoms with E-state index in [1.165, 1.54) is 0 Å². The van der Waals surface area contributed by atoms with Crippen molar-refractivity contribution < 1.29 is 4.74 Å². The zero-order valence-corrected chi connectivity index (χ0v) is 11.9. The fraction of sp³-hybridized carbons (Fsp3) is 0.667. The molecule has 1 aliphatic rings. The molecule has 5 heteroatoms. The third-order valence-corrected chi connectivity index (χ3v) is 3.74. The van der Waals surface area contributed by atoms with Gasteiger partial charge in [0.15, 0.2) is 5.82 Å². The van der Waals surface area contributed by atoms with Crippen LogP contribution in [0.1, 0.15) is 43.8 Å². The number of hydrogen-bond acceptors (Lipinski definition) is 4. The van der Waals surface area contributed by atoms with E-state index < -0.39 is 0 Å². The molecule has 0 spiro atoms. The number of nitrogens with zero attached hydrogens (tertiary/aromatic N) is 2. The summed E-state index contributed by atoms with van der Waals surface area (Å²) in [6.07, 6.45) is 3.27. The molecule has 94 valence electrons. The summed E-state index contributed by atoms with van der Waals surface area (Å²) in [6, 6.07) is 0. The summed E-state index contributed by atoms with van der Waals surface area (Å²) in [5.74, 6) is 1.69. The number of nitrogens with one attached hydrogen (secondary N) is 1. The molecule has 17 heavy (non-hydrogen) atoms. The Balaban J connectivity index is 2.24. The molecule has 1 saturated heterocycles. The SMILES string of the molecule is CCCNc1nc(C2CCCO2)nc(C)c1Br. The highest BCUT2D eigenvalue weighted by Crippen LogP contribution is 2.30. The van der Waals surface area contributed by atoms with Crippen molar-refractivity contribution in [3.05, 3.63) is 16.0 Å². The molecule has 0 saturated carbocycles. The Hall–Kier alpha value is -0.680. The molecule has 0 aromatic carbocycles. The number of aromatic nitrogens is 2. The summed E-state index contributed by atoms with van der Waals surface area (Å²) in [4.78, 5) is 9.06. The van der Waals surface area contributed by atoms with Crippen molar-refractivity contribution in [3.8, 4) is 0 Å². The molecule has 0 radical (unpaired) electrons. The van der Waals surface area contributed by atoms with Gasteiger partial charge < -0.3 is 10.1 Å². The van der Waals surface area contributed by atoms with Crippen LogP contribution < -0.4 is 5.32 Å². The second-order valence-electron chi connectivity index (χ2n) is 4.26. The van der Waals surface area contributed by atoms with Crippen LogP contribution in [-0.4, -0.2) is 23.1 Å². The van der Waals surface area contributed by atoms with Crippen LogP contribution in [0.4, 0.5) is 5.82 Å². The Morgan fingerprint density at radius 1 is 1.47 bits per heavy atom. The molecule has 1 fully saturated rings. The standard InChI is InChI=1S/C12H18BrN3O/c1-3-6-14-12-10(13)8(2)15-11(16-12)9-5-4-7-17-9/h9H,3-7H2,1-2H3,(H,14,15,16). The van der Waals surface area contributed by atoms with Gasteiger partial charge >= 0.3 is 0 Å². The van der Waals surface area contributed by atoms with E-state index in [1.807, 2.05) is 6.92 Å². The average molecular weight is 300 g/mol. The third kappa shape index (κ3) is 2.96. The monoisotopic (exact) mass is 299 g/mol. The van der Waals surface area contributed by atoms with E-state index >= 15 is 0 Å². The van der Waals surface area contributed by atoms with Crippen molar-refractivity contribution in [1.82, 2.24) is 9.97 Å². The first-order valence-electron chi connectivity index (χ1n) is 6.12. The molecule has 2 rings (SSSR count). The van der Waals surface area contributed by atoms with Gasteiger partial charge in [-0.05, 0) is 42.1 Å². The lowest BCUT2D eigenvalue weighted by atomic mass is 10.2. The third-order valence-electron chi connectivity index (χ3n) is 2.79. The molecule has 4 nitrogen and oxygen atoms in total. The minimum atomic E-state index is 0.0731. The first-order valence-corrected chi connectivity index (χ1v) is 6.91. The van der Waals surface area contributed by atoms with Crippen molar-refractivity contribution in [1.29, 1.82) is 0 Å². The average Bonchev–Trinajstić information content (AvgIpc) is 2.84. The predicted molar refractivity (Wildman–Crippen MR) is 71.2 cm³/mol. The number of aryl methyl sites for hydroxylation is 1. The van der Waals surface area contributed by atoms with Gasteiger partial charge in [-0.3, -0.25) is 0 Å². The van der Waals surface area contributed by atoms with Crippen LogP contribution in [0, 0.1) is 6.92 Å². The number of halogens is 1. The fourth-order valence-electron chi connectivity index (χ4n) is 1.87. The van der Waals surface area contributed by atoms with Crippen LogP contribution in [0.3, 0.4) is 0 Å². The maximum Gasteiger partial charge on any atom is 0.159 e. The van der Waals surface area contributed by atoms with E-state index in [4.69, 9.17) is 4.74 Å². The Labute approximate surface area is 110 Å². The molecule has 1 aliphatic heterocycles. The summed E-state index contributed by atoms with van der Waals surface area (Å²) in [5, 5.41) is 3.31. The normalized spacial score (nSPS) is 19.6. The first kappa shape index (κ1) is 12.8. The van der Waals surface area contributed by atoms with Gasteiger partial charge in [0.05, 0.1) is 10.2 Å². The lowest BCUT2D eigenvalue weighted by molar-refractivity contribution is 0.105. The van der Waals surface area contributed by atoms with Crippen LogP contribution in [0.2, 0.25) is 0 Å². The number of anilines is 1. The van der Waals surface area contributed by atoms with Gasteiger partial charge in [-0.15, -0.1) is 0 Å². The largest absolute Gasteiger partial charge is 0.370 e. The van der Waals surface area contributed by atoms with Gasteiger partial charge in [0, 0.05) is 13.2 Å². The number of hydrogen-bond donors (Lipinski definition) is 1. The van der Waals surface area contributed by atoms with Gasteiger partial charge in [0.2, 0.25) is 0 Å². The van der Waals surface area contributed by atoms with Crippen molar-refractivity contribution in [3.63, 3.8) is 0 Å². The van der Waals surface area contributed by atoms with E-state index in [0.29, 0.717) is 0 Å². The first-order chi connectivity index (χ1) is 8.22. The highest BCUT2D eigenvalue weighted by molar-refractivity contribution is 9.10. The van der Waals surface area contributed by atoms with Crippen LogP contribution in [-0.2, 0) is 4.74 Å². The molecule has 2 heterocycles. The molecule has 1 aromatic heterocycles. The van der Waals surface area contributed by atoms with Gasteiger partial charge in [0.25, 0.3) is 0 Å². The van der Waals surface area contributed by atoms with Crippen LogP contribution in [0.25, 0.3) is 0 Å². The zero-order chi connectivity index (χ0) is 12.3. The predicted octanol–water partition coefficient (Wildman–Crippen LogP) is 3.22. The number of rotatable bonds is 4. The molecular weight excluding hydrogens is 282 g/mol. The Morgan fingerprint density at radius 3 is 2.94 bits per heavy atom. The summed E-state index contributed by atoms with van der Waals surface area (Å²) in [7, 11) is 0. The highest BCUT2D eigenvalue weighted by Gasteiger charge is 2.22. The summed E-state index contributed by atoms with van der Waals surface area (Å²) < 4.78 is 6.58. The Kier molecular flexibility index (Phi) is 4.34. The molecule has 0 aliphatic carbocycles.